The molecule has 0 N–H and O–H groups in total. The number of hydrogen-bond donors (Lipinski definition) is 0. The summed E-state index contributed by atoms with van der Waals surface area (Å²) >= 11 is 3.38. The Kier molecular flexibility index (Phi) is 4.69. The summed E-state index contributed by atoms with van der Waals surface area (Å²) in [6.07, 6.45) is 4.01. The first-order valence-corrected chi connectivity index (χ1v) is 9.53. The van der Waals surface area contributed by atoms with Gasteiger partial charge in [0.15, 0.2) is 5.78 Å². The summed E-state index contributed by atoms with van der Waals surface area (Å²) in [6.45, 7) is 1.91. The molecule has 1 saturated carbocycles. The lowest BCUT2D eigenvalue weighted by Crippen LogP contribution is -2.31. The van der Waals surface area contributed by atoms with Crippen LogP contribution in [0.4, 0.5) is 0 Å². The Hall–Kier alpha value is -0.680. The molecule has 0 radical (unpaired) electrons. The molecule has 0 spiro atoms. The van der Waals surface area contributed by atoms with E-state index in [1.54, 1.807) is 0 Å². The third-order valence-electron chi connectivity index (χ3n) is 4.07. The summed E-state index contributed by atoms with van der Waals surface area (Å²) in [5, 5.41) is -0.363. The van der Waals surface area contributed by atoms with Crippen LogP contribution in [-0.2, 0) is 9.84 Å². The van der Waals surface area contributed by atoms with E-state index >= 15 is 0 Å². The van der Waals surface area contributed by atoms with Gasteiger partial charge in [0.25, 0.3) is 0 Å². The number of sulfone groups is 1. The SMILES string of the molecule is Cc1ccc(Br)cc1C(=O)C1CCCC(S(C)(=O)=O)C1. The molecule has 0 amide bonds. The smallest absolute Gasteiger partial charge is 0.166 e. The van der Waals surface area contributed by atoms with Crippen molar-refractivity contribution in [2.45, 2.75) is 37.9 Å². The van der Waals surface area contributed by atoms with Crippen molar-refractivity contribution in [1.82, 2.24) is 0 Å². The van der Waals surface area contributed by atoms with Crippen molar-refractivity contribution in [3.8, 4) is 0 Å². The molecule has 110 valence electrons. The Morgan fingerprint density at radius 3 is 2.65 bits per heavy atom. The Morgan fingerprint density at radius 2 is 2.00 bits per heavy atom. The quantitative estimate of drug-likeness (QED) is 0.776. The predicted molar refractivity (Wildman–Crippen MR) is 83.8 cm³/mol. The van der Waals surface area contributed by atoms with E-state index in [4.69, 9.17) is 0 Å². The van der Waals surface area contributed by atoms with E-state index in [-0.39, 0.29) is 17.0 Å². The van der Waals surface area contributed by atoms with Gasteiger partial charge in [-0.2, -0.15) is 0 Å². The monoisotopic (exact) mass is 358 g/mol. The van der Waals surface area contributed by atoms with Gasteiger partial charge in [-0.3, -0.25) is 4.79 Å². The van der Waals surface area contributed by atoms with Crippen LogP contribution in [0.5, 0.6) is 0 Å². The first-order valence-electron chi connectivity index (χ1n) is 6.78. The average Bonchev–Trinajstić information content (AvgIpc) is 2.40. The van der Waals surface area contributed by atoms with Gasteiger partial charge in [-0.25, -0.2) is 8.42 Å². The van der Waals surface area contributed by atoms with Crippen LogP contribution in [0.25, 0.3) is 0 Å². The van der Waals surface area contributed by atoms with Gasteiger partial charge in [0.05, 0.1) is 5.25 Å². The number of carbonyl (C=O) groups excluding carboxylic acids is 1. The minimum Gasteiger partial charge on any atom is -0.294 e. The second kappa shape index (κ2) is 5.98. The number of halogens is 1. The molecule has 3 nitrogen and oxygen atoms in total. The molecule has 5 heteroatoms. The van der Waals surface area contributed by atoms with Crippen molar-refractivity contribution in [2.75, 3.05) is 6.26 Å². The molecule has 0 aromatic heterocycles. The van der Waals surface area contributed by atoms with Crippen LogP contribution >= 0.6 is 15.9 Å². The van der Waals surface area contributed by atoms with Gasteiger partial charge in [-0.05, 0) is 43.9 Å². The number of carbonyl (C=O) groups is 1. The standard InChI is InChI=1S/C15H19BrO3S/c1-10-6-7-12(16)9-14(10)15(17)11-4-3-5-13(8-11)20(2,18)19/h6-7,9,11,13H,3-5,8H2,1-2H3. The maximum atomic E-state index is 12.6. The molecule has 20 heavy (non-hydrogen) atoms. The van der Waals surface area contributed by atoms with E-state index < -0.39 is 9.84 Å². The fourth-order valence-corrected chi connectivity index (χ4v) is 4.39. The zero-order valence-corrected chi connectivity index (χ0v) is 14.1. The van der Waals surface area contributed by atoms with Gasteiger partial charge >= 0.3 is 0 Å². The molecule has 0 aliphatic heterocycles. The zero-order valence-electron chi connectivity index (χ0n) is 11.7. The van der Waals surface area contributed by atoms with Crippen LogP contribution in [-0.4, -0.2) is 25.7 Å². The molecule has 0 bridgehead atoms. The van der Waals surface area contributed by atoms with Crippen molar-refractivity contribution >= 4 is 31.6 Å². The number of benzene rings is 1. The van der Waals surface area contributed by atoms with Crippen molar-refractivity contribution in [3.63, 3.8) is 0 Å². The van der Waals surface area contributed by atoms with Crippen molar-refractivity contribution < 1.29 is 13.2 Å². The van der Waals surface area contributed by atoms with Crippen molar-refractivity contribution in [3.05, 3.63) is 33.8 Å². The third-order valence-corrected chi connectivity index (χ3v) is 6.20. The van der Waals surface area contributed by atoms with Crippen LogP contribution in [0.2, 0.25) is 0 Å². The molecular formula is C15H19BrO3S. The summed E-state index contributed by atoms with van der Waals surface area (Å²) < 4.78 is 24.3. The number of aryl methyl sites for hydroxylation is 1. The van der Waals surface area contributed by atoms with Crippen LogP contribution in [0, 0.1) is 12.8 Å². The Labute approximate surface area is 128 Å². The highest BCUT2D eigenvalue weighted by atomic mass is 79.9. The summed E-state index contributed by atoms with van der Waals surface area (Å²) in [5.41, 5.74) is 1.65. The molecule has 2 rings (SSSR count). The largest absolute Gasteiger partial charge is 0.294 e. The Morgan fingerprint density at radius 1 is 1.30 bits per heavy atom. The minimum atomic E-state index is -3.05. The number of hydrogen-bond acceptors (Lipinski definition) is 3. The Balaban J connectivity index is 2.23. The highest BCUT2D eigenvalue weighted by Crippen LogP contribution is 2.32. The van der Waals surface area contributed by atoms with Crippen molar-refractivity contribution in [2.24, 2.45) is 5.92 Å². The topological polar surface area (TPSA) is 51.2 Å². The second-order valence-corrected chi connectivity index (χ2v) is 8.88. The lowest BCUT2D eigenvalue weighted by Gasteiger charge is -2.27. The first-order chi connectivity index (χ1) is 9.29. The summed E-state index contributed by atoms with van der Waals surface area (Å²) in [6, 6.07) is 5.65. The lowest BCUT2D eigenvalue weighted by molar-refractivity contribution is 0.0890. The molecule has 1 fully saturated rings. The molecular weight excluding hydrogens is 340 g/mol. The minimum absolute atomic E-state index is 0.0807. The molecule has 1 aromatic rings. The molecule has 0 heterocycles. The molecule has 0 saturated heterocycles. The van der Waals surface area contributed by atoms with E-state index in [1.165, 1.54) is 6.26 Å². The maximum Gasteiger partial charge on any atom is 0.166 e. The molecule has 1 aliphatic carbocycles. The molecule has 1 aromatic carbocycles. The van der Waals surface area contributed by atoms with Gasteiger partial charge in [0.1, 0.15) is 9.84 Å². The fourth-order valence-electron chi connectivity index (χ4n) is 2.85. The van der Waals surface area contributed by atoms with Crippen LogP contribution in [0.1, 0.15) is 41.6 Å². The fraction of sp³-hybridized carbons (Fsp3) is 0.533. The second-order valence-electron chi connectivity index (χ2n) is 5.64. The molecule has 2 unspecified atom stereocenters. The van der Waals surface area contributed by atoms with Crippen LogP contribution in [0.3, 0.4) is 0 Å². The zero-order chi connectivity index (χ0) is 14.9. The van der Waals surface area contributed by atoms with E-state index in [1.807, 2.05) is 25.1 Å². The highest BCUT2D eigenvalue weighted by molar-refractivity contribution is 9.10. The van der Waals surface area contributed by atoms with Crippen LogP contribution in [0.15, 0.2) is 22.7 Å². The number of Topliss-reactive ketones (excluding diaryl/α,β-unsaturated/α-hetero) is 1. The summed E-state index contributed by atoms with van der Waals surface area (Å²) in [7, 11) is -3.05. The van der Waals surface area contributed by atoms with Crippen molar-refractivity contribution in [1.29, 1.82) is 0 Å². The highest BCUT2D eigenvalue weighted by Gasteiger charge is 2.33. The number of rotatable bonds is 3. The predicted octanol–water partition coefficient (Wildman–Crippen LogP) is 3.54. The van der Waals surface area contributed by atoms with Gasteiger partial charge in [-0.15, -0.1) is 0 Å². The number of ketones is 1. The van der Waals surface area contributed by atoms with E-state index in [9.17, 15) is 13.2 Å². The van der Waals surface area contributed by atoms with Crippen LogP contribution < -0.4 is 0 Å². The van der Waals surface area contributed by atoms with E-state index in [0.717, 1.165) is 22.9 Å². The van der Waals surface area contributed by atoms with Gasteiger partial charge < -0.3 is 0 Å². The summed E-state index contributed by atoms with van der Waals surface area (Å²) in [5.74, 6) is -0.0892. The van der Waals surface area contributed by atoms with Gasteiger partial charge in [0, 0.05) is 22.2 Å². The first kappa shape index (κ1) is 15.7. The maximum absolute atomic E-state index is 12.6. The van der Waals surface area contributed by atoms with Gasteiger partial charge in [0.2, 0.25) is 0 Å². The third kappa shape index (κ3) is 3.50. The Bertz CT molecular complexity index is 622. The van der Waals surface area contributed by atoms with Gasteiger partial charge in [-0.1, -0.05) is 28.4 Å². The lowest BCUT2D eigenvalue weighted by atomic mass is 9.82. The summed E-state index contributed by atoms with van der Waals surface area (Å²) in [4.78, 5) is 12.6. The molecule has 2 atom stereocenters. The average molecular weight is 359 g/mol. The van der Waals surface area contributed by atoms with E-state index in [2.05, 4.69) is 15.9 Å². The normalized spacial score (nSPS) is 23.6. The van der Waals surface area contributed by atoms with E-state index in [0.29, 0.717) is 18.4 Å². The molecule has 1 aliphatic rings.